The molecule has 3 unspecified atom stereocenters. The standard InChI is InChI=1S/C33H49N3O5/c1-11-13-22(3)34-29(38)28(26-15-12-14-21(2)23(26)4)36(32(5,6)7)30(39)27(35-31(40)41-33(8,9)10)20-24-16-18-25(37)19-17-24/h12,14-19,22,27-28,37H,11,13,20H2,1-10H3,(H,34,38)(H,35,40). The molecule has 0 aliphatic rings. The number of nitrogens with zero attached hydrogens (tertiary/aromatic N) is 1. The van der Waals surface area contributed by atoms with Crippen molar-refractivity contribution in [2.24, 2.45) is 0 Å². The van der Waals surface area contributed by atoms with Crippen molar-refractivity contribution >= 4 is 17.9 Å². The molecule has 0 aromatic heterocycles. The lowest BCUT2D eigenvalue weighted by atomic mass is 9.90. The van der Waals surface area contributed by atoms with Crippen LogP contribution in [0.25, 0.3) is 0 Å². The quantitative estimate of drug-likeness (QED) is 0.321. The number of hydrogen-bond donors (Lipinski definition) is 3. The third-order valence-electron chi connectivity index (χ3n) is 6.88. The van der Waals surface area contributed by atoms with Crippen LogP contribution in [0.1, 0.15) is 96.5 Å². The van der Waals surface area contributed by atoms with E-state index in [0.717, 1.165) is 35.1 Å². The van der Waals surface area contributed by atoms with Gasteiger partial charge in [0.05, 0.1) is 0 Å². The minimum atomic E-state index is -1.04. The molecule has 3 N–H and O–H groups in total. The van der Waals surface area contributed by atoms with E-state index in [1.54, 1.807) is 37.8 Å². The molecule has 0 aliphatic carbocycles. The second kappa shape index (κ2) is 13.9. The van der Waals surface area contributed by atoms with Crippen LogP contribution in [0.3, 0.4) is 0 Å². The van der Waals surface area contributed by atoms with Crippen LogP contribution in [0.2, 0.25) is 0 Å². The van der Waals surface area contributed by atoms with Crippen LogP contribution in [0.15, 0.2) is 42.5 Å². The number of benzene rings is 2. The SMILES string of the molecule is CCCC(C)NC(=O)C(c1cccc(C)c1C)N(C(=O)C(Cc1ccc(O)cc1)NC(=O)OC(C)(C)C)C(C)(C)C. The van der Waals surface area contributed by atoms with Crippen molar-refractivity contribution in [1.82, 2.24) is 15.5 Å². The molecule has 3 amide bonds. The molecule has 0 bridgehead atoms. The molecule has 0 aliphatic heterocycles. The molecule has 0 heterocycles. The Morgan fingerprint density at radius 2 is 1.56 bits per heavy atom. The van der Waals surface area contributed by atoms with Gasteiger partial charge in [0.15, 0.2) is 0 Å². The minimum Gasteiger partial charge on any atom is -0.508 e. The largest absolute Gasteiger partial charge is 0.508 e. The van der Waals surface area contributed by atoms with Gasteiger partial charge in [0, 0.05) is 18.0 Å². The van der Waals surface area contributed by atoms with E-state index >= 15 is 0 Å². The molecular formula is C33H49N3O5. The van der Waals surface area contributed by atoms with Crippen LogP contribution in [0.5, 0.6) is 5.75 Å². The number of ether oxygens (including phenoxy) is 1. The summed E-state index contributed by atoms with van der Waals surface area (Å²) in [5.41, 5.74) is 1.83. The zero-order chi connectivity index (χ0) is 31.1. The summed E-state index contributed by atoms with van der Waals surface area (Å²) in [6, 6.07) is 10.2. The van der Waals surface area contributed by atoms with Gasteiger partial charge in [-0.15, -0.1) is 0 Å². The Balaban J connectivity index is 2.67. The number of hydrogen-bond acceptors (Lipinski definition) is 5. The predicted octanol–water partition coefficient (Wildman–Crippen LogP) is 6.12. The summed E-state index contributed by atoms with van der Waals surface area (Å²) >= 11 is 0. The highest BCUT2D eigenvalue weighted by Crippen LogP contribution is 2.33. The van der Waals surface area contributed by atoms with Gasteiger partial charge >= 0.3 is 6.09 Å². The zero-order valence-electron chi connectivity index (χ0n) is 26.4. The van der Waals surface area contributed by atoms with Crippen molar-refractivity contribution in [2.75, 3.05) is 0 Å². The van der Waals surface area contributed by atoms with E-state index in [-0.39, 0.29) is 24.1 Å². The van der Waals surface area contributed by atoms with Crippen LogP contribution in [0.4, 0.5) is 4.79 Å². The summed E-state index contributed by atoms with van der Waals surface area (Å²) in [5.74, 6) is -0.592. The molecule has 0 radical (unpaired) electrons. The molecule has 2 rings (SSSR count). The number of phenolic OH excluding ortho intramolecular Hbond substituents is 1. The first kappa shape index (κ1) is 33.7. The third-order valence-corrected chi connectivity index (χ3v) is 6.88. The molecule has 0 fully saturated rings. The maximum absolute atomic E-state index is 14.6. The van der Waals surface area contributed by atoms with Gasteiger partial charge in [-0.05, 0) is 103 Å². The minimum absolute atomic E-state index is 0.0790. The Kier molecular flexibility index (Phi) is 11.4. The van der Waals surface area contributed by atoms with Crippen molar-refractivity contribution in [1.29, 1.82) is 0 Å². The Labute approximate surface area is 245 Å². The topological polar surface area (TPSA) is 108 Å². The molecular weight excluding hydrogens is 518 g/mol. The number of carbonyl (C=O) groups excluding carboxylic acids is 3. The maximum atomic E-state index is 14.6. The van der Waals surface area contributed by atoms with Gasteiger partial charge in [0.25, 0.3) is 0 Å². The van der Waals surface area contributed by atoms with Crippen LogP contribution < -0.4 is 10.6 Å². The van der Waals surface area contributed by atoms with Gasteiger partial charge in [0.2, 0.25) is 11.8 Å². The predicted molar refractivity (Wildman–Crippen MR) is 163 cm³/mol. The van der Waals surface area contributed by atoms with Crippen molar-refractivity contribution in [3.05, 3.63) is 64.7 Å². The maximum Gasteiger partial charge on any atom is 0.408 e. The fourth-order valence-corrected chi connectivity index (χ4v) is 4.83. The second-order valence-electron chi connectivity index (χ2n) is 12.8. The number of rotatable bonds is 10. The lowest BCUT2D eigenvalue weighted by molar-refractivity contribution is -0.148. The average Bonchev–Trinajstić information content (AvgIpc) is 2.83. The zero-order valence-corrected chi connectivity index (χ0v) is 26.4. The number of carbonyl (C=O) groups is 3. The van der Waals surface area contributed by atoms with Crippen molar-refractivity contribution in [2.45, 2.75) is 118 Å². The fraction of sp³-hybridized carbons (Fsp3) is 0.545. The van der Waals surface area contributed by atoms with Gasteiger partial charge in [-0.1, -0.05) is 43.7 Å². The Morgan fingerprint density at radius 1 is 0.951 bits per heavy atom. The number of amides is 3. The highest BCUT2D eigenvalue weighted by Gasteiger charge is 2.42. The summed E-state index contributed by atoms with van der Waals surface area (Å²) in [6.07, 6.45) is 1.12. The first-order valence-corrected chi connectivity index (χ1v) is 14.4. The number of phenols is 1. The van der Waals surface area contributed by atoms with E-state index in [9.17, 15) is 19.5 Å². The van der Waals surface area contributed by atoms with Crippen LogP contribution in [-0.4, -0.2) is 51.1 Å². The second-order valence-corrected chi connectivity index (χ2v) is 12.8. The number of aromatic hydroxyl groups is 1. The van der Waals surface area contributed by atoms with E-state index in [4.69, 9.17) is 4.74 Å². The van der Waals surface area contributed by atoms with Crippen molar-refractivity contribution in [3.63, 3.8) is 0 Å². The van der Waals surface area contributed by atoms with Gasteiger partial charge in [-0.25, -0.2) is 4.79 Å². The van der Waals surface area contributed by atoms with E-state index in [2.05, 4.69) is 17.6 Å². The van der Waals surface area contributed by atoms with Gasteiger partial charge < -0.3 is 25.4 Å². The summed E-state index contributed by atoms with van der Waals surface area (Å²) in [5, 5.41) is 15.7. The van der Waals surface area contributed by atoms with Crippen LogP contribution in [0, 0.1) is 13.8 Å². The summed E-state index contributed by atoms with van der Waals surface area (Å²) in [7, 11) is 0. The van der Waals surface area contributed by atoms with Crippen LogP contribution in [-0.2, 0) is 20.7 Å². The Hall–Kier alpha value is -3.55. The molecule has 3 atom stereocenters. The third kappa shape index (κ3) is 9.80. The molecule has 2 aromatic rings. The fourth-order valence-electron chi connectivity index (χ4n) is 4.83. The van der Waals surface area contributed by atoms with E-state index < -0.39 is 35.2 Å². The summed E-state index contributed by atoms with van der Waals surface area (Å²) in [6.45, 7) is 18.9. The van der Waals surface area contributed by atoms with Gasteiger partial charge in [0.1, 0.15) is 23.4 Å². The first-order valence-electron chi connectivity index (χ1n) is 14.4. The number of alkyl carbamates (subject to hydrolysis) is 1. The Morgan fingerprint density at radius 3 is 2.10 bits per heavy atom. The van der Waals surface area contributed by atoms with Gasteiger partial charge in [-0.3, -0.25) is 9.59 Å². The monoisotopic (exact) mass is 567 g/mol. The highest BCUT2D eigenvalue weighted by molar-refractivity contribution is 5.93. The van der Waals surface area contributed by atoms with Gasteiger partial charge in [-0.2, -0.15) is 0 Å². The smallest absolute Gasteiger partial charge is 0.408 e. The molecule has 0 saturated heterocycles. The van der Waals surface area contributed by atoms with Crippen LogP contribution >= 0.6 is 0 Å². The molecule has 226 valence electrons. The van der Waals surface area contributed by atoms with E-state index in [1.807, 2.05) is 59.7 Å². The lowest BCUT2D eigenvalue weighted by Gasteiger charge is -2.43. The molecule has 0 saturated carbocycles. The first-order chi connectivity index (χ1) is 18.9. The van der Waals surface area contributed by atoms with Crippen molar-refractivity contribution in [3.8, 4) is 5.75 Å². The number of aryl methyl sites for hydroxylation is 1. The van der Waals surface area contributed by atoms with E-state index in [0.29, 0.717) is 0 Å². The summed E-state index contributed by atoms with van der Waals surface area (Å²) < 4.78 is 5.51. The average molecular weight is 568 g/mol. The molecule has 8 heteroatoms. The molecule has 8 nitrogen and oxygen atoms in total. The van der Waals surface area contributed by atoms with Crippen molar-refractivity contribution < 1.29 is 24.2 Å². The lowest BCUT2D eigenvalue weighted by Crippen LogP contribution is -2.59. The highest BCUT2D eigenvalue weighted by atomic mass is 16.6. The number of nitrogens with one attached hydrogen (secondary N) is 2. The van der Waals surface area contributed by atoms with E-state index in [1.165, 1.54) is 12.1 Å². The molecule has 2 aromatic carbocycles. The molecule has 41 heavy (non-hydrogen) atoms. The molecule has 0 spiro atoms. The Bertz CT molecular complexity index is 1190. The summed E-state index contributed by atoms with van der Waals surface area (Å²) in [4.78, 5) is 43.2. The normalized spacial score (nSPS) is 14.0.